The van der Waals surface area contributed by atoms with Crippen molar-refractivity contribution in [1.29, 1.82) is 0 Å². The van der Waals surface area contributed by atoms with Crippen molar-refractivity contribution < 1.29 is 14.3 Å². The smallest absolute Gasteiger partial charge is 0.224 e. The van der Waals surface area contributed by atoms with E-state index in [1.807, 2.05) is 29.2 Å². The summed E-state index contributed by atoms with van der Waals surface area (Å²) in [7, 11) is 1.61. The molecule has 2 heterocycles. The summed E-state index contributed by atoms with van der Waals surface area (Å²) in [5.74, 6) is 0.635. The number of hydrogen-bond donors (Lipinski definition) is 1. The summed E-state index contributed by atoms with van der Waals surface area (Å²) in [5.41, 5.74) is 1.43. The van der Waals surface area contributed by atoms with Crippen LogP contribution in [-0.4, -0.2) is 41.9 Å². The number of aromatic nitrogens is 1. The van der Waals surface area contributed by atoms with Gasteiger partial charge in [-0.05, 0) is 31.0 Å². The number of amides is 2. The summed E-state index contributed by atoms with van der Waals surface area (Å²) in [6.45, 7) is 1.64. The molecule has 1 aliphatic rings. The summed E-state index contributed by atoms with van der Waals surface area (Å²) in [4.78, 5) is 30.2. The number of carbonyl (C=O) groups is 2. The van der Waals surface area contributed by atoms with E-state index in [1.54, 1.807) is 13.3 Å². The van der Waals surface area contributed by atoms with Crippen LogP contribution in [0.4, 0.5) is 5.69 Å². The lowest BCUT2D eigenvalue weighted by atomic mass is 10.2. The predicted molar refractivity (Wildman–Crippen MR) is 92.0 cm³/mol. The molecule has 0 radical (unpaired) electrons. The number of carbonyl (C=O) groups excluding carboxylic acids is 2. The highest BCUT2D eigenvalue weighted by Gasteiger charge is 2.18. The monoisotopic (exact) mass is 327 g/mol. The van der Waals surface area contributed by atoms with Gasteiger partial charge in [-0.25, -0.2) is 0 Å². The Morgan fingerprint density at radius 1 is 1.21 bits per heavy atom. The zero-order chi connectivity index (χ0) is 16.9. The van der Waals surface area contributed by atoms with E-state index in [-0.39, 0.29) is 24.7 Å². The minimum Gasteiger partial charge on any atom is -0.497 e. The van der Waals surface area contributed by atoms with E-state index in [9.17, 15) is 9.59 Å². The summed E-state index contributed by atoms with van der Waals surface area (Å²) in [6, 6.07) is 7.45. The minimum absolute atomic E-state index is 0.0615. The van der Waals surface area contributed by atoms with E-state index in [2.05, 4.69) is 10.3 Å². The fraction of sp³-hybridized carbons (Fsp3) is 0.389. The molecule has 0 aliphatic carbocycles. The van der Waals surface area contributed by atoms with Gasteiger partial charge in [-0.1, -0.05) is 0 Å². The molecule has 1 N–H and O–H groups in total. The van der Waals surface area contributed by atoms with Gasteiger partial charge in [0.2, 0.25) is 11.8 Å². The van der Waals surface area contributed by atoms with Crippen molar-refractivity contribution in [1.82, 2.24) is 9.88 Å². The predicted octanol–water partition coefficient (Wildman–Crippen LogP) is 2.58. The van der Waals surface area contributed by atoms with Gasteiger partial charge in [-0.15, -0.1) is 0 Å². The van der Waals surface area contributed by atoms with Crippen molar-refractivity contribution >= 4 is 28.4 Å². The third-order valence-electron chi connectivity index (χ3n) is 4.20. The molecule has 1 aromatic carbocycles. The van der Waals surface area contributed by atoms with Crippen molar-refractivity contribution in [2.75, 3.05) is 25.5 Å². The Labute approximate surface area is 140 Å². The van der Waals surface area contributed by atoms with Crippen LogP contribution in [0.25, 0.3) is 10.9 Å². The van der Waals surface area contributed by atoms with Crippen molar-refractivity contribution in [2.24, 2.45) is 0 Å². The van der Waals surface area contributed by atoms with Crippen molar-refractivity contribution in [3.63, 3.8) is 0 Å². The maximum atomic E-state index is 12.0. The molecule has 0 atom stereocenters. The number of nitrogens with one attached hydrogen (secondary N) is 1. The van der Waals surface area contributed by atoms with Crippen LogP contribution in [0.1, 0.15) is 25.7 Å². The molecule has 0 saturated carbocycles. The number of ether oxygens (including phenoxy) is 1. The normalized spacial score (nSPS) is 14.0. The number of pyridine rings is 1. The molecular formula is C18H21N3O3. The quantitative estimate of drug-likeness (QED) is 0.916. The van der Waals surface area contributed by atoms with E-state index in [0.29, 0.717) is 5.69 Å². The van der Waals surface area contributed by atoms with Crippen molar-refractivity contribution in [2.45, 2.75) is 25.7 Å². The number of hydrogen-bond acceptors (Lipinski definition) is 4. The van der Waals surface area contributed by atoms with Gasteiger partial charge < -0.3 is 15.0 Å². The van der Waals surface area contributed by atoms with Crippen LogP contribution < -0.4 is 10.1 Å². The molecule has 0 spiro atoms. The van der Waals surface area contributed by atoms with Crippen LogP contribution in [0, 0.1) is 0 Å². The van der Waals surface area contributed by atoms with Gasteiger partial charge in [0.1, 0.15) is 5.75 Å². The van der Waals surface area contributed by atoms with Gasteiger partial charge in [0.05, 0.1) is 24.5 Å². The third-order valence-corrected chi connectivity index (χ3v) is 4.20. The molecule has 1 fully saturated rings. The lowest BCUT2D eigenvalue weighted by Gasteiger charge is -2.14. The number of rotatable bonds is 5. The van der Waals surface area contributed by atoms with Crippen LogP contribution in [0.5, 0.6) is 5.75 Å². The molecule has 6 heteroatoms. The molecule has 1 aliphatic heterocycles. The number of nitrogens with zero attached hydrogens (tertiary/aromatic N) is 2. The molecule has 6 nitrogen and oxygen atoms in total. The molecule has 126 valence electrons. The van der Waals surface area contributed by atoms with Crippen LogP contribution in [0.15, 0.2) is 30.5 Å². The van der Waals surface area contributed by atoms with E-state index >= 15 is 0 Å². The highest BCUT2D eigenvalue weighted by molar-refractivity contribution is 5.95. The Morgan fingerprint density at radius 3 is 2.75 bits per heavy atom. The Kier molecular flexibility index (Phi) is 4.93. The number of benzene rings is 1. The second-order valence-corrected chi connectivity index (χ2v) is 5.92. The zero-order valence-electron chi connectivity index (χ0n) is 13.7. The number of anilines is 1. The SMILES string of the molecule is COc1ccc2cc(NC(=O)CCC(=O)N3CCCC3)cnc2c1. The zero-order valence-corrected chi connectivity index (χ0v) is 13.7. The molecule has 3 rings (SSSR count). The minimum atomic E-state index is -0.169. The first kappa shape index (κ1) is 16.2. The first-order chi connectivity index (χ1) is 11.7. The van der Waals surface area contributed by atoms with E-state index in [0.717, 1.165) is 42.6 Å². The number of methoxy groups -OCH3 is 1. The summed E-state index contributed by atoms with van der Waals surface area (Å²) >= 11 is 0. The average molecular weight is 327 g/mol. The fourth-order valence-corrected chi connectivity index (χ4v) is 2.87. The Morgan fingerprint density at radius 2 is 2.00 bits per heavy atom. The molecular weight excluding hydrogens is 306 g/mol. The van der Waals surface area contributed by atoms with Crippen molar-refractivity contribution in [3.05, 3.63) is 30.5 Å². The standard InChI is InChI=1S/C18H21N3O3/c1-24-15-5-4-13-10-14(12-19-16(13)11-15)20-17(22)6-7-18(23)21-8-2-3-9-21/h4-5,10-12H,2-3,6-9H2,1H3,(H,20,22). The number of fused-ring (bicyclic) bond motifs is 1. The topological polar surface area (TPSA) is 71.5 Å². The molecule has 0 unspecified atom stereocenters. The third kappa shape index (κ3) is 3.82. The Bertz CT molecular complexity index is 754. The summed E-state index contributed by atoms with van der Waals surface area (Å²) < 4.78 is 5.17. The van der Waals surface area contributed by atoms with Crippen LogP contribution in [-0.2, 0) is 9.59 Å². The van der Waals surface area contributed by atoms with Crippen molar-refractivity contribution in [3.8, 4) is 5.75 Å². The summed E-state index contributed by atoms with van der Waals surface area (Å²) in [6.07, 6.45) is 4.18. The Hall–Kier alpha value is -2.63. The van der Waals surface area contributed by atoms with E-state index in [1.165, 1.54) is 0 Å². The van der Waals surface area contributed by atoms with E-state index in [4.69, 9.17) is 4.74 Å². The number of likely N-dealkylation sites (tertiary alicyclic amines) is 1. The van der Waals surface area contributed by atoms with Crippen LogP contribution in [0.2, 0.25) is 0 Å². The van der Waals surface area contributed by atoms with Crippen LogP contribution >= 0.6 is 0 Å². The highest BCUT2D eigenvalue weighted by Crippen LogP contribution is 2.21. The lowest BCUT2D eigenvalue weighted by molar-refractivity contribution is -0.131. The first-order valence-corrected chi connectivity index (χ1v) is 8.17. The van der Waals surface area contributed by atoms with Gasteiger partial charge in [0.15, 0.2) is 0 Å². The van der Waals surface area contributed by atoms with Crippen LogP contribution in [0.3, 0.4) is 0 Å². The molecule has 1 saturated heterocycles. The average Bonchev–Trinajstić information content (AvgIpc) is 3.14. The maximum Gasteiger partial charge on any atom is 0.224 e. The second-order valence-electron chi connectivity index (χ2n) is 5.92. The molecule has 24 heavy (non-hydrogen) atoms. The summed E-state index contributed by atoms with van der Waals surface area (Å²) in [5, 5.41) is 3.72. The lowest BCUT2D eigenvalue weighted by Crippen LogP contribution is -2.28. The second kappa shape index (κ2) is 7.29. The molecule has 1 aromatic heterocycles. The van der Waals surface area contributed by atoms with Gasteiger partial charge >= 0.3 is 0 Å². The Balaban J connectivity index is 1.57. The first-order valence-electron chi connectivity index (χ1n) is 8.17. The highest BCUT2D eigenvalue weighted by atomic mass is 16.5. The molecule has 0 bridgehead atoms. The van der Waals surface area contributed by atoms with E-state index < -0.39 is 0 Å². The molecule has 2 amide bonds. The maximum absolute atomic E-state index is 12.0. The van der Waals surface area contributed by atoms with Gasteiger partial charge in [-0.2, -0.15) is 0 Å². The van der Waals surface area contributed by atoms with Gasteiger partial charge in [-0.3, -0.25) is 14.6 Å². The molecule has 2 aromatic rings. The van der Waals surface area contributed by atoms with Gasteiger partial charge in [0, 0.05) is 37.4 Å². The largest absolute Gasteiger partial charge is 0.497 e. The van der Waals surface area contributed by atoms with Gasteiger partial charge in [0.25, 0.3) is 0 Å². The fourth-order valence-electron chi connectivity index (χ4n) is 2.87.